The van der Waals surface area contributed by atoms with E-state index >= 15 is 0 Å². The van der Waals surface area contributed by atoms with Crippen LogP contribution in [0.1, 0.15) is 33.3 Å². The van der Waals surface area contributed by atoms with E-state index in [-0.39, 0.29) is 0 Å². The molecule has 0 amide bonds. The first-order valence-electron chi connectivity index (χ1n) is 6.04. The quantitative estimate of drug-likeness (QED) is 0.783. The molecule has 0 fully saturated rings. The summed E-state index contributed by atoms with van der Waals surface area (Å²) >= 11 is 2.03. The molecule has 2 heteroatoms. The van der Waals surface area contributed by atoms with E-state index < -0.39 is 0 Å². The first-order valence-corrected chi connectivity index (χ1v) is 6.92. The van der Waals surface area contributed by atoms with Crippen molar-refractivity contribution in [3.63, 3.8) is 0 Å². The van der Waals surface area contributed by atoms with Crippen LogP contribution >= 0.6 is 11.8 Å². The summed E-state index contributed by atoms with van der Waals surface area (Å²) in [7, 11) is 0. The van der Waals surface area contributed by atoms with Gasteiger partial charge in [-0.2, -0.15) is 0 Å². The number of thioether (sulfide) groups is 1. The molecule has 1 aliphatic heterocycles. The molecule has 0 aromatic heterocycles. The molecule has 1 nitrogen and oxygen atoms in total. The molecule has 1 atom stereocenters. The van der Waals surface area contributed by atoms with Crippen molar-refractivity contribution in [2.45, 2.75) is 44.3 Å². The Bertz CT molecular complexity index is 379. The fourth-order valence-electron chi connectivity index (χ4n) is 1.91. The molecule has 16 heavy (non-hydrogen) atoms. The minimum absolute atomic E-state index is 0.359. The van der Waals surface area contributed by atoms with E-state index in [1.165, 1.54) is 16.1 Å². The van der Waals surface area contributed by atoms with Crippen molar-refractivity contribution in [2.24, 2.45) is 5.41 Å². The fraction of sp³-hybridized carbons (Fsp3) is 0.571. The van der Waals surface area contributed by atoms with E-state index in [1.54, 1.807) is 0 Å². The van der Waals surface area contributed by atoms with Gasteiger partial charge >= 0.3 is 0 Å². The Balaban J connectivity index is 2.25. The number of benzene rings is 1. The number of rotatable bonds is 1. The summed E-state index contributed by atoms with van der Waals surface area (Å²) < 4.78 is 0. The molecule has 88 valence electrons. The van der Waals surface area contributed by atoms with Gasteiger partial charge in [-0.1, -0.05) is 33.8 Å². The van der Waals surface area contributed by atoms with E-state index in [2.05, 4.69) is 51.2 Å². The molecule has 0 saturated heterocycles. The Kier molecular flexibility index (Phi) is 3.20. The van der Waals surface area contributed by atoms with E-state index in [4.69, 9.17) is 0 Å². The lowest BCUT2D eigenvalue weighted by atomic mass is 9.91. The van der Waals surface area contributed by atoms with Crippen LogP contribution in [0.15, 0.2) is 23.1 Å². The summed E-state index contributed by atoms with van der Waals surface area (Å²) in [6.45, 7) is 10.2. The Morgan fingerprint density at radius 1 is 1.38 bits per heavy atom. The molecule has 1 unspecified atom stereocenters. The molecule has 2 rings (SSSR count). The third kappa shape index (κ3) is 2.37. The first kappa shape index (κ1) is 11.8. The first-order chi connectivity index (χ1) is 7.50. The molecule has 1 N–H and O–H groups in total. The second kappa shape index (κ2) is 4.33. The van der Waals surface area contributed by atoms with Crippen LogP contribution in [0.4, 0.5) is 5.69 Å². The summed E-state index contributed by atoms with van der Waals surface area (Å²) in [6, 6.07) is 6.79. The molecular formula is C14H21NS. The van der Waals surface area contributed by atoms with E-state index in [1.807, 2.05) is 11.8 Å². The topological polar surface area (TPSA) is 12.0 Å². The van der Waals surface area contributed by atoms with Gasteiger partial charge in [0.25, 0.3) is 0 Å². The molecule has 1 aliphatic rings. The maximum Gasteiger partial charge on any atom is 0.0479 e. The second-order valence-corrected chi connectivity index (χ2v) is 6.78. The predicted molar refractivity (Wildman–Crippen MR) is 73.4 cm³/mol. The van der Waals surface area contributed by atoms with Gasteiger partial charge in [-0.15, -0.1) is 11.8 Å². The van der Waals surface area contributed by atoms with Crippen LogP contribution in [-0.2, 0) is 6.42 Å². The molecule has 0 radical (unpaired) electrons. The molecule has 0 aliphatic carbocycles. The Hall–Kier alpha value is -0.630. The molecule has 0 bridgehead atoms. The average Bonchev–Trinajstić information content (AvgIpc) is 2.26. The van der Waals surface area contributed by atoms with Gasteiger partial charge in [0, 0.05) is 22.4 Å². The number of aryl methyl sites for hydroxylation is 1. The smallest absolute Gasteiger partial charge is 0.0479 e. The molecular weight excluding hydrogens is 214 g/mol. The lowest BCUT2D eigenvalue weighted by molar-refractivity contribution is 0.401. The van der Waals surface area contributed by atoms with Crippen molar-refractivity contribution in [1.82, 2.24) is 0 Å². The van der Waals surface area contributed by atoms with Crippen molar-refractivity contribution in [2.75, 3.05) is 11.9 Å². The molecule has 1 aromatic rings. The predicted octanol–water partition coefficient (Wildman–Crippen LogP) is 4.18. The van der Waals surface area contributed by atoms with Gasteiger partial charge in [-0.3, -0.25) is 0 Å². The lowest BCUT2D eigenvalue weighted by Gasteiger charge is -2.35. The largest absolute Gasteiger partial charge is 0.383 e. The van der Waals surface area contributed by atoms with Crippen LogP contribution in [0.2, 0.25) is 0 Å². The van der Waals surface area contributed by atoms with E-state index in [0.29, 0.717) is 10.7 Å². The van der Waals surface area contributed by atoms with Crippen LogP contribution < -0.4 is 5.32 Å². The van der Waals surface area contributed by atoms with Crippen molar-refractivity contribution in [1.29, 1.82) is 0 Å². The van der Waals surface area contributed by atoms with Gasteiger partial charge in [0.2, 0.25) is 0 Å². The number of anilines is 1. The highest BCUT2D eigenvalue weighted by molar-refractivity contribution is 8.00. The van der Waals surface area contributed by atoms with Gasteiger partial charge in [0.1, 0.15) is 0 Å². The maximum atomic E-state index is 3.55. The van der Waals surface area contributed by atoms with Crippen molar-refractivity contribution >= 4 is 17.4 Å². The van der Waals surface area contributed by atoms with Gasteiger partial charge in [0.15, 0.2) is 0 Å². The molecule has 0 saturated carbocycles. The normalized spacial score (nSPS) is 20.1. The number of fused-ring (bicyclic) bond motifs is 1. The van der Waals surface area contributed by atoms with Crippen molar-refractivity contribution in [3.05, 3.63) is 23.8 Å². The Morgan fingerprint density at radius 2 is 2.12 bits per heavy atom. The van der Waals surface area contributed by atoms with Crippen molar-refractivity contribution < 1.29 is 0 Å². The highest BCUT2D eigenvalue weighted by Gasteiger charge is 2.29. The maximum absolute atomic E-state index is 3.55. The summed E-state index contributed by atoms with van der Waals surface area (Å²) in [4.78, 5) is 1.42. The van der Waals surface area contributed by atoms with Gasteiger partial charge in [0.05, 0.1) is 0 Å². The zero-order valence-corrected chi connectivity index (χ0v) is 11.4. The highest BCUT2D eigenvalue weighted by atomic mass is 32.2. The zero-order chi connectivity index (χ0) is 11.8. The minimum Gasteiger partial charge on any atom is -0.383 e. The van der Waals surface area contributed by atoms with E-state index in [9.17, 15) is 0 Å². The average molecular weight is 235 g/mol. The minimum atomic E-state index is 0.359. The van der Waals surface area contributed by atoms with Crippen LogP contribution in [-0.4, -0.2) is 11.8 Å². The number of nitrogens with one attached hydrogen (secondary N) is 1. The summed E-state index contributed by atoms with van der Waals surface area (Å²) in [5, 5.41) is 4.21. The van der Waals surface area contributed by atoms with Crippen LogP contribution in [0, 0.1) is 5.41 Å². The third-order valence-corrected chi connectivity index (χ3v) is 4.92. The summed E-state index contributed by atoms with van der Waals surface area (Å²) in [6.07, 6.45) is 1.12. The standard InChI is InChI=1S/C14H21NS/c1-5-10-6-7-11-12(8-10)16-13(9-15-11)14(2,3)4/h6-8,13,15H,5,9H2,1-4H3. The number of hydrogen-bond acceptors (Lipinski definition) is 2. The Morgan fingerprint density at radius 3 is 2.75 bits per heavy atom. The molecule has 1 aromatic carbocycles. The van der Waals surface area contributed by atoms with Gasteiger partial charge in [-0.25, -0.2) is 0 Å². The number of hydrogen-bond donors (Lipinski definition) is 1. The van der Waals surface area contributed by atoms with Crippen molar-refractivity contribution in [3.8, 4) is 0 Å². The Labute approximate surface area is 103 Å². The van der Waals surface area contributed by atoms with Gasteiger partial charge in [-0.05, 0) is 29.5 Å². The zero-order valence-electron chi connectivity index (χ0n) is 10.6. The highest BCUT2D eigenvalue weighted by Crippen LogP contribution is 2.42. The lowest BCUT2D eigenvalue weighted by Crippen LogP contribution is -2.32. The van der Waals surface area contributed by atoms with Crippen LogP contribution in [0.5, 0.6) is 0 Å². The molecule has 1 heterocycles. The summed E-state index contributed by atoms with van der Waals surface area (Å²) in [5.74, 6) is 0. The SMILES string of the molecule is CCc1ccc2c(c1)SC(C(C)(C)C)CN2. The third-order valence-electron chi connectivity index (χ3n) is 3.17. The van der Waals surface area contributed by atoms with E-state index in [0.717, 1.165) is 13.0 Å². The fourth-order valence-corrected chi connectivity index (χ4v) is 3.22. The van der Waals surface area contributed by atoms with Crippen LogP contribution in [0.25, 0.3) is 0 Å². The second-order valence-electron chi connectivity index (χ2n) is 5.54. The monoisotopic (exact) mass is 235 g/mol. The summed E-state index contributed by atoms with van der Waals surface area (Å²) in [5.41, 5.74) is 3.10. The molecule has 0 spiro atoms. The van der Waals surface area contributed by atoms with Gasteiger partial charge < -0.3 is 5.32 Å². The van der Waals surface area contributed by atoms with Crippen LogP contribution in [0.3, 0.4) is 0 Å².